The SMILES string of the molecule is CN=C(NCc1cccc(OCC(=O)NC2CC2)c1)N1CCC(Oc2ccccc2)CC1.I. The molecule has 1 aliphatic carbocycles. The highest BCUT2D eigenvalue weighted by Gasteiger charge is 2.24. The van der Waals surface area contributed by atoms with Gasteiger partial charge in [-0.05, 0) is 42.7 Å². The third-order valence-electron chi connectivity index (χ3n) is 5.66. The number of hydrogen-bond acceptors (Lipinski definition) is 4. The minimum atomic E-state index is -0.0592. The van der Waals surface area contributed by atoms with Crippen molar-refractivity contribution in [3.63, 3.8) is 0 Å². The van der Waals surface area contributed by atoms with Crippen molar-refractivity contribution in [2.75, 3.05) is 26.7 Å². The first-order valence-electron chi connectivity index (χ1n) is 11.4. The Kier molecular flexibility index (Phi) is 9.65. The molecule has 2 fully saturated rings. The summed E-state index contributed by atoms with van der Waals surface area (Å²) in [6, 6.07) is 18.2. The molecule has 33 heavy (non-hydrogen) atoms. The molecule has 1 amide bonds. The molecule has 178 valence electrons. The minimum absolute atomic E-state index is 0. The van der Waals surface area contributed by atoms with E-state index < -0.39 is 0 Å². The fourth-order valence-corrected chi connectivity index (χ4v) is 3.78. The lowest BCUT2D eigenvalue weighted by Gasteiger charge is -2.34. The van der Waals surface area contributed by atoms with E-state index in [-0.39, 0.29) is 42.6 Å². The molecule has 8 heteroatoms. The predicted molar refractivity (Wildman–Crippen MR) is 140 cm³/mol. The highest BCUT2D eigenvalue weighted by molar-refractivity contribution is 14.0. The van der Waals surface area contributed by atoms with Gasteiger partial charge in [0.25, 0.3) is 5.91 Å². The number of rotatable bonds is 8. The van der Waals surface area contributed by atoms with Gasteiger partial charge in [0, 0.05) is 45.6 Å². The third-order valence-corrected chi connectivity index (χ3v) is 5.66. The molecule has 0 unspecified atom stereocenters. The molecule has 2 aromatic rings. The highest BCUT2D eigenvalue weighted by Crippen LogP contribution is 2.20. The van der Waals surface area contributed by atoms with Gasteiger partial charge in [0.2, 0.25) is 0 Å². The molecule has 0 bridgehead atoms. The molecule has 0 atom stereocenters. The van der Waals surface area contributed by atoms with Crippen LogP contribution in [0.25, 0.3) is 0 Å². The van der Waals surface area contributed by atoms with E-state index in [4.69, 9.17) is 9.47 Å². The molecule has 2 aliphatic rings. The van der Waals surface area contributed by atoms with Crippen LogP contribution < -0.4 is 20.1 Å². The van der Waals surface area contributed by atoms with E-state index >= 15 is 0 Å². The molecule has 1 heterocycles. The van der Waals surface area contributed by atoms with Crippen molar-refractivity contribution >= 4 is 35.8 Å². The maximum Gasteiger partial charge on any atom is 0.258 e. The number of amides is 1. The van der Waals surface area contributed by atoms with Crippen LogP contribution in [0.2, 0.25) is 0 Å². The normalized spacial score (nSPS) is 16.5. The van der Waals surface area contributed by atoms with E-state index in [1.54, 1.807) is 0 Å². The molecule has 2 aromatic carbocycles. The van der Waals surface area contributed by atoms with Crippen molar-refractivity contribution < 1.29 is 14.3 Å². The second kappa shape index (κ2) is 12.7. The lowest BCUT2D eigenvalue weighted by molar-refractivity contribution is -0.123. The molecule has 7 nitrogen and oxygen atoms in total. The Morgan fingerprint density at radius 2 is 1.76 bits per heavy atom. The second-order valence-electron chi connectivity index (χ2n) is 8.30. The number of para-hydroxylation sites is 1. The Balaban J connectivity index is 0.00000306. The Bertz CT molecular complexity index is 913. The Hall–Kier alpha value is -2.49. The van der Waals surface area contributed by atoms with Gasteiger partial charge in [-0.2, -0.15) is 0 Å². The average Bonchev–Trinajstić information content (AvgIpc) is 3.64. The molecule has 0 spiro atoms. The fraction of sp³-hybridized carbons (Fsp3) is 0.440. The summed E-state index contributed by atoms with van der Waals surface area (Å²) in [5, 5.41) is 6.38. The van der Waals surface area contributed by atoms with Gasteiger partial charge in [-0.1, -0.05) is 30.3 Å². The van der Waals surface area contributed by atoms with Gasteiger partial charge in [-0.15, -0.1) is 24.0 Å². The number of likely N-dealkylation sites (tertiary alicyclic amines) is 1. The molecular weight excluding hydrogens is 531 g/mol. The molecule has 2 N–H and O–H groups in total. The third kappa shape index (κ3) is 8.10. The first kappa shape index (κ1) is 25.1. The maximum atomic E-state index is 11.8. The number of carbonyl (C=O) groups is 1. The molecular formula is C25H33IN4O3. The number of nitrogens with one attached hydrogen (secondary N) is 2. The Labute approximate surface area is 213 Å². The molecule has 1 saturated heterocycles. The first-order chi connectivity index (χ1) is 15.7. The van der Waals surface area contributed by atoms with Crippen LogP contribution in [-0.2, 0) is 11.3 Å². The fourth-order valence-electron chi connectivity index (χ4n) is 3.78. The van der Waals surface area contributed by atoms with Gasteiger partial charge >= 0.3 is 0 Å². The van der Waals surface area contributed by atoms with Gasteiger partial charge < -0.3 is 25.0 Å². The lowest BCUT2D eigenvalue weighted by atomic mass is 10.1. The largest absolute Gasteiger partial charge is 0.490 e. The van der Waals surface area contributed by atoms with Crippen LogP contribution in [0.4, 0.5) is 0 Å². The summed E-state index contributed by atoms with van der Waals surface area (Å²) < 4.78 is 11.7. The maximum absolute atomic E-state index is 11.8. The standard InChI is InChI=1S/C25H32N4O3.HI/c1-26-25(29-14-12-22(13-15-29)32-21-7-3-2-4-8-21)27-17-19-6-5-9-23(16-19)31-18-24(30)28-20-10-11-20;/h2-9,16,20,22H,10-15,17-18H2,1H3,(H,26,27)(H,28,30);1H. The first-order valence-corrected chi connectivity index (χ1v) is 11.4. The molecule has 4 rings (SSSR count). The summed E-state index contributed by atoms with van der Waals surface area (Å²) in [6.07, 6.45) is 4.30. The number of ether oxygens (including phenoxy) is 2. The van der Waals surface area contributed by atoms with Gasteiger partial charge in [0.15, 0.2) is 12.6 Å². The summed E-state index contributed by atoms with van der Waals surface area (Å²) >= 11 is 0. The number of carbonyl (C=O) groups excluding carboxylic acids is 1. The van der Waals surface area contributed by atoms with Gasteiger partial charge in [0.1, 0.15) is 17.6 Å². The number of piperidine rings is 1. The minimum Gasteiger partial charge on any atom is -0.490 e. The van der Waals surface area contributed by atoms with E-state index in [9.17, 15) is 4.79 Å². The highest BCUT2D eigenvalue weighted by atomic mass is 127. The number of nitrogens with zero attached hydrogens (tertiary/aromatic N) is 2. The second-order valence-corrected chi connectivity index (χ2v) is 8.30. The lowest BCUT2D eigenvalue weighted by Crippen LogP contribution is -2.47. The van der Waals surface area contributed by atoms with Crippen LogP contribution in [0.1, 0.15) is 31.2 Å². The molecule has 0 aromatic heterocycles. The summed E-state index contributed by atoms with van der Waals surface area (Å²) in [5.74, 6) is 2.46. The zero-order valence-electron chi connectivity index (χ0n) is 19.0. The number of benzene rings is 2. The van der Waals surface area contributed by atoms with Crippen molar-refractivity contribution in [2.24, 2.45) is 4.99 Å². The number of guanidine groups is 1. The number of aliphatic imine (C=N–C) groups is 1. The van der Waals surface area contributed by atoms with Gasteiger partial charge in [-0.3, -0.25) is 9.79 Å². The van der Waals surface area contributed by atoms with Crippen molar-refractivity contribution in [2.45, 2.75) is 44.4 Å². The topological polar surface area (TPSA) is 75.2 Å². The zero-order chi connectivity index (χ0) is 22.2. The number of halogens is 1. The van der Waals surface area contributed by atoms with Gasteiger partial charge in [-0.25, -0.2) is 0 Å². The molecule has 1 aliphatic heterocycles. The average molecular weight is 564 g/mol. The van der Waals surface area contributed by atoms with Crippen molar-refractivity contribution in [3.8, 4) is 11.5 Å². The van der Waals surface area contributed by atoms with Crippen molar-refractivity contribution in [1.82, 2.24) is 15.5 Å². The van der Waals surface area contributed by atoms with Crippen LogP contribution in [0, 0.1) is 0 Å². The van der Waals surface area contributed by atoms with E-state index in [0.29, 0.717) is 18.3 Å². The van der Waals surface area contributed by atoms with Crippen molar-refractivity contribution in [1.29, 1.82) is 0 Å². The van der Waals surface area contributed by atoms with E-state index in [2.05, 4.69) is 20.5 Å². The molecule has 1 saturated carbocycles. The van der Waals surface area contributed by atoms with Crippen molar-refractivity contribution in [3.05, 3.63) is 60.2 Å². The zero-order valence-corrected chi connectivity index (χ0v) is 21.4. The van der Waals surface area contributed by atoms with E-state index in [1.165, 1.54) is 0 Å². The predicted octanol–water partition coefficient (Wildman–Crippen LogP) is 3.58. The van der Waals surface area contributed by atoms with Gasteiger partial charge in [0.05, 0.1) is 0 Å². The number of hydrogen-bond donors (Lipinski definition) is 2. The molecule has 0 radical (unpaired) electrons. The van der Waals surface area contributed by atoms with E-state index in [0.717, 1.165) is 56.0 Å². The smallest absolute Gasteiger partial charge is 0.258 e. The quantitative estimate of drug-likeness (QED) is 0.292. The van der Waals surface area contributed by atoms with Crippen LogP contribution in [0.15, 0.2) is 59.6 Å². The van der Waals surface area contributed by atoms with Crippen LogP contribution in [0.5, 0.6) is 11.5 Å². The van der Waals surface area contributed by atoms with Crippen LogP contribution in [0.3, 0.4) is 0 Å². The van der Waals surface area contributed by atoms with E-state index in [1.807, 2.05) is 61.6 Å². The monoisotopic (exact) mass is 564 g/mol. The van der Waals surface area contributed by atoms with Crippen LogP contribution >= 0.6 is 24.0 Å². The Morgan fingerprint density at radius 1 is 1.03 bits per heavy atom. The van der Waals surface area contributed by atoms with Crippen LogP contribution in [-0.4, -0.2) is 55.7 Å². The summed E-state index contributed by atoms with van der Waals surface area (Å²) in [6.45, 7) is 2.49. The summed E-state index contributed by atoms with van der Waals surface area (Å²) in [4.78, 5) is 18.6. The Morgan fingerprint density at radius 3 is 2.45 bits per heavy atom. The summed E-state index contributed by atoms with van der Waals surface area (Å²) in [7, 11) is 1.81. The summed E-state index contributed by atoms with van der Waals surface area (Å²) in [5.41, 5.74) is 1.08.